The average Bonchev–Trinajstić information content (AvgIpc) is 3.21. The maximum atomic E-state index is 14.2. The van der Waals surface area contributed by atoms with Gasteiger partial charge in [0, 0.05) is 24.2 Å². The van der Waals surface area contributed by atoms with Crippen LogP contribution in [0.1, 0.15) is 17.5 Å². The van der Waals surface area contributed by atoms with Crippen LogP contribution in [0.15, 0.2) is 59.0 Å². The molecule has 0 atom stereocenters. The van der Waals surface area contributed by atoms with Gasteiger partial charge in [-0.15, -0.1) is 0 Å². The van der Waals surface area contributed by atoms with Crippen LogP contribution in [0, 0.1) is 11.6 Å². The number of rotatable bonds is 7. The molecule has 4 aromatic rings. The Labute approximate surface area is 189 Å². The van der Waals surface area contributed by atoms with Gasteiger partial charge in [-0.05, 0) is 41.5 Å². The van der Waals surface area contributed by atoms with E-state index < -0.39 is 40.5 Å². The number of aliphatic carboxylic acids is 1. The number of nitrogens with zero attached hydrogens (tertiary/aromatic N) is 1. The van der Waals surface area contributed by atoms with Gasteiger partial charge in [0.05, 0.1) is 12.0 Å². The van der Waals surface area contributed by atoms with E-state index in [2.05, 4.69) is 10.3 Å². The lowest BCUT2D eigenvalue weighted by atomic mass is 9.96. The molecule has 0 radical (unpaired) electrons. The van der Waals surface area contributed by atoms with E-state index in [1.54, 1.807) is 18.2 Å². The summed E-state index contributed by atoms with van der Waals surface area (Å²) in [6, 6.07) is 11.2. The largest absolute Gasteiger partial charge is 0.481 e. The molecule has 3 aromatic carbocycles. The first kappa shape index (κ1) is 23.4. The van der Waals surface area contributed by atoms with Gasteiger partial charge in [-0.2, -0.15) is 13.2 Å². The fraction of sp³-hybridized carbons (Fsp3) is 0.167. The Morgan fingerprint density at radius 1 is 1.03 bits per heavy atom. The highest BCUT2D eigenvalue weighted by Crippen LogP contribution is 2.40. The molecule has 1 aromatic heterocycles. The molecule has 0 fully saturated rings. The van der Waals surface area contributed by atoms with Gasteiger partial charge >= 0.3 is 12.1 Å². The molecule has 0 unspecified atom stereocenters. The summed E-state index contributed by atoms with van der Waals surface area (Å²) in [6.45, 7) is 0.646. The van der Waals surface area contributed by atoms with Crippen molar-refractivity contribution in [1.29, 1.82) is 0 Å². The van der Waals surface area contributed by atoms with Gasteiger partial charge in [0.2, 0.25) is 5.89 Å². The fourth-order valence-electron chi connectivity index (χ4n) is 3.49. The van der Waals surface area contributed by atoms with E-state index >= 15 is 0 Å². The van der Waals surface area contributed by atoms with Crippen molar-refractivity contribution in [2.75, 3.05) is 6.54 Å². The molecule has 2 N–H and O–H groups in total. The molecule has 0 aliphatic rings. The second kappa shape index (κ2) is 9.22. The van der Waals surface area contributed by atoms with Crippen LogP contribution in [0.5, 0.6) is 0 Å². The molecule has 0 aliphatic heterocycles. The number of halogens is 5. The number of carboxylic acids is 1. The van der Waals surface area contributed by atoms with Crippen LogP contribution in [0.25, 0.3) is 33.7 Å². The van der Waals surface area contributed by atoms with Crippen LogP contribution < -0.4 is 5.32 Å². The zero-order valence-electron chi connectivity index (χ0n) is 17.4. The maximum absolute atomic E-state index is 14.2. The number of oxazole rings is 1. The molecule has 0 aliphatic carbocycles. The molecule has 34 heavy (non-hydrogen) atoms. The van der Waals surface area contributed by atoms with Crippen LogP contribution in [0.3, 0.4) is 0 Å². The third-order valence-corrected chi connectivity index (χ3v) is 5.11. The van der Waals surface area contributed by atoms with E-state index in [4.69, 9.17) is 9.52 Å². The molecule has 0 saturated carbocycles. The average molecular weight is 476 g/mol. The molecular formula is C24H17F5N2O3. The number of fused-ring (bicyclic) bond motifs is 1. The molecule has 0 spiro atoms. The quantitative estimate of drug-likeness (QED) is 0.252. The number of alkyl halides is 3. The maximum Gasteiger partial charge on any atom is 0.417 e. The monoisotopic (exact) mass is 476 g/mol. The standard InChI is InChI=1S/C24H17F5N2O3/c25-18-3-1-2-16(22(18)26)15-6-5-14(11-17(15)24(27,28)29)23-31-19-10-13(4-7-20(19)34-23)12-30-9-8-21(32)33/h1-7,10-11,30H,8-9,12H2,(H,32,33). The molecule has 4 rings (SSSR count). The first-order valence-corrected chi connectivity index (χ1v) is 10.1. The summed E-state index contributed by atoms with van der Waals surface area (Å²) in [4.78, 5) is 14.8. The lowest BCUT2D eigenvalue weighted by Crippen LogP contribution is -2.17. The molecular weight excluding hydrogens is 459 g/mol. The Kier molecular flexibility index (Phi) is 6.34. The second-order valence-corrected chi connectivity index (χ2v) is 7.50. The van der Waals surface area contributed by atoms with Crippen molar-refractivity contribution in [3.8, 4) is 22.6 Å². The van der Waals surface area contributed by atoms with E-state index in [0.29, 0.717) is 17.6 Å². The summed E-state index contributed by atoms with van der Waals surface area (Å²) in [7, 11) is 0. The number of carboxylic acid groups (broad SMARTS) is 1. The Hall–Kier alpha value is -3.79. The number of nitrogens with one attached hydrogen (secondary N) is 1. The van der Waals surface area contributed by atoms with Crippen molar-refractivity contribution in [2.24, 2.45) is 0 Å². The molecule has 0 saturated heterocycles. The van der Waals surface area contributed by atoms with E-state index in [0.717, 1.165) is 35.9 Å². The van der Waals surface area contributed by atoms with Crippen molar-refractivity contribution in [3.63, 3.8) is 0 Å². The summed E-state index contributed by atoms with van der Waals surface area (Å²) in [6.07, 6.45) is -4.88. The fourth-order valence-corrected chi connectivity index (χ4v) is 3.49. The summed E-state index contributed by atoms with van der Waals surface area (Å²) in [5.41, 5.74) is -0.606. The van der Waals surface area contributed by atoms with Gasteiger partial charge in [0.1, 0.15) is 5.52 Å². The summed E-state index contributed by atoms with van der Waals surface area (Å²) < 4.78 is 74.8. The molecule has 0 amide bonds. The van der Waals surface area contributed by atoms with Crippen molar-refractivity contribution in [2.45, 2.75) is 19.1 Å². The second-order valence-electron chi connectivity index (χ2n) is 7.50. The van der Waals surface area contributed by atoms with Crippen LogP contribution in [-0.2, 0) is 17.5 Å². The van der Waals surface area contributed by atoms with Crippen LogP contribution in [-0.4, -0.2) is 22.6 Å². The summed E-state index contributed by atoms with van der Waals surface area (Å²) in [5.74, 6) is -3.61. The molecule has 0 bridgehead atoms. The summed E-state index contributed by atoms with van der Waals surface area (Å²) in [5, 5.41) is 11.6. The highest BCUT2D eigenvalue weighted by Gasteiger charge is 2.35. The lowest BCUT2D eigenvalue weighted by Gasteiger charge is -2.14. The van der Waals surface area contributed by atoms with Crippen molar-refractivity contribution < 1.29 is 36.3 Å². The van der Waals surface area contributed by atoms with E-state index in [-0.39, 0.29) is 24.4 Å². The van der Waals surface area contributed by atoms with Crippen LogP contribution >= 0.6 is 0 Å². The smallest absolute Gasteiger partial charge is 0.417 e. The SMILES string of the molecule is O=C(O)CCNCc1ccc2oc(-c3ccc(-c4cccc(F)c4F)c(C(F)(F)F)c3)nc2c1. The molecule has 176 valence electrons. The minimum absolute atomic E-state index is 0.0187. The topological polar surface area (TPSA) is 75.4 Å². The van der Waals surface area contributed by atoms with Gasteiger partial charge in [0.25, 0.3) is 0 Å². The van der Waals surface area contributed by atoms with Gasteiger partial charge in [0.15, 0.2) is 17.2 Å². The van der Waals surface area contributed by atoms with Gasteiger partial charge in [-0.3, -0.25) is 4.79 Å². The Morgan fingerprint density at radius 3 is 2.56 bits per heavy atom. The number of aromatic nitrogens is 1. The van der Waals surface area contributed by atoms with Gasteiger partial charge in [-0.1, -0.05) is 24.3 Å². The summed E-state index contributed by atoms with van der Waals surface area (Å²) >= 11 is 0. The molecule has 10 heteroatoms. The number of hydrogen-bond donors (Lipinski definition) is 2. The van der Waals surface area contributed by atoms with Crippen LogP contribution in [0.2, 0.25) is 0 Å². The van der Waals surface area contributed by atoms with Crippen molar-refractivity contribution in [1.82, 2.24) is 10.3 Å². The predicted octanol–water partition coefficient (Wildman–Crippen LogP) is 6.02. The lowest BCUT2D eigenvalue weighted by molar-refractivity contribution is -0.137. The number of hydrogen-bond acceptors (Lipinski definition) is 4. The Bertz CT molecular complexity index is 1360. The minimum atomic E-state index is -4.84. The van der Waals surface area contributed by atoms with E-state index in [1.165, 1.54) is 6.07 Å². The predicted molar refractivity (Wildman–Crippen MR) is 114 cm³/mol. The zero-order chi connectivity index (χ0) is 24.5. The Morgan fingerprint density at radius 2 is 1.82 bits per heavy atom. The highest BCUT2D eigenvalue weighted by molar-refractivity contribution is 5.78. The highest BCUT2D eigenvalue weighted by atomic mass is 19.4. The van der Waals surface area contributed by atoms with Crippen LogP contribution in [0.4, 0.5) is 22.0 Å². The third-order valence-electron chi connectivity index (χ3n) is 5.11. The number of carbonyl (C=O) groups is 1. The Balaban J connectivity index is 1.68. The molecule has 5 nitrogen and oxygen atoms in total. The first-order valence-electron chi connectivity index (χ1n) is 10.1. The van der Waals surface area contributed by atoms with Gasteiger partial charge in [-0.25, -0.2) is 13.8 Å². The molecule has 1 heterocycles. The third kappa shape index (κ3) is 4.91. The first-order chi connectivity index (χ1) is 16.1. The van der Waals surface area contributed by atoms with E-state index in [9.17, 15) is 26.7 Å². The normalized spacial score (nSPS) is 11.8. The zero-order valence-corrected chi connectivity index (χ0v) is 17.4. The van der Waals surface area contributed by atoms with E-state index in [1.807, 2.05) is 0 Å². The van der Waals surface area contributed by atoms with Crippen molar-refractivity contribution in [3.05, 3.63) is 77.4 Å². The van der Waals surface area contributed by atoms with Crippen molar-refractivity contribution >= 4 is 17.1 Å². The number of benzene rings is 3. The van der Waals surface area contributed by atoms with Gasteiger partial charge < -0.3 is 14.8 Å². The minimum Gasteiger partial charge on any atom is -0.481 e.